The van der Waals surface area contributed by atoms with Gasteiger partial charge in [0.05, 0.1) is 12.3 Å². The first-order chi connectivity index (χ1) is 15.2. The molecule has 0 bridgehead atoms. The number of hydrogen-bond acceptors (Lipinski definition) is 4. The second kappa shape index (κ2) is 12.1. The Morgan fingerprint density at radius 1 is 1.39 bits per heavy atom. The van der Waals surface area contributed by atoms with Gasteiger partial charge >= 0.3 is 0 Å². The molecule has 0 aliphatic heterocycles. The Bertz CT molecular complexity index is 1000. The minimum Gasteiger partial charge on any atom is -0.369 e. The number of aromatic amines is 1. The Balaban J connectivity index is 1.53. The van der Waals surface area contributed by atoms with Gasteiger partial charge in [0.15, 0.2) is 0 Å². The maximum Gasteiger partial charge on any atom is 0.133 e. The standard InChI is InChI=1S/C25H29ClN4O/c1-3-21(26)19(14-15-20-10-8-16-28-25(20)27-4-2)11-9-17-31-18-24-29-22-12-6-5-7-13-23(22)30-24/h4-12,16H,2-3,13-15,17-18H2,1H3,(H,27,28)(H,29,30)/b11-9-,21-19-. The minimum atomic E-state index is 0.446. The summed E-state index contributed by atoms with van der Waals surface area (Å²) >= 11 is 6.49. The Hall–Kier alpha value is -2.89. The summed E-state index contributed by atoms with van der Waals surface area (Å²) in [4.78, 5) is 12.3. The first-order valence-corrected chi connectivity index (χ1v) is 10.9. The molecular formula is C25H29ClN4O. The van der Waals surface area contributed by atoms with Crippen LogP contribution in [0, 0.1) is 0 Å². The zero-order valence-electron chi connectivity index (χ0n) is 17.9. The van der Waals surface area contributed by atoms with Crippen LogP contribution in [0.1, 0.15) is 42.5 Å². The highest BCUT2D eigenvalue weighted by Crippen LogP contribution is 2.22. The molecule has 0 amide bonds. The minimum absolute atomic E-state index is 0.446. The van der Waals surface area contributed by atoms with Crippen molar-refractivity contribution >= 4 is 23.5 Å². The van der Waals surface area contributed by atoms with Crippen molar-refractivity contribution < 1.29 is 4.74 Å². The molecule has 0 atom stereocenters. The van der Waals surface area contributed by atoms with Crippen molar-refractivity contribution in [2.45, 2.75) is 39.2 Å². The van der Waals surface area contributed by atoms with Crippen molar-refractivity contribution in [2.24, 2.45) is 0 Å². The fourth-order valence-corrected chi connectivity index (χ4v) is 3.50. The summed E-state index contributed by atoms with van der Waals surface area (Å²) in [7, 11) is 0. The number of ether oxygens (including phenoxy) is 1. The summed E-state index contributed by atoms with van der Waals surface area (Å²) in [5.41, 5.74) is 4.36. The number of hydrogen-bond donors (Lipinski definition) is 2. The lowest BCUT2D eigenvalue weighted by Gasteiger charge is -2.10. The molecule has 0 unspecified atom stereocenters. The van der Waals surface area contributed by atoms with Gasteiger partial charge in [-0.2, -0.15) is 0 Å². The number of H-pyrrole nitrogens is 1. The number of halogens is 1. The van der Waals surface area contributed by atoms with Crippen molar-refractivity contribution in [3.05, 3.63) is 94.9 Å². The molecule has 2 aromatic rings. The molecule has 5 nitrogen and oxygen atoms in total. The average Bonchev–Trinajstić information content (AvgIpc) is 3.04. The number of rotatable bonds is 11. The quantitative estimate of drug-likeness (QED) is 0.330. The first kappa shape index (κ1) is 22.8. The van der Waals surface area contributed by atoms with E-state index in [2.05, 4.69) is 52.0 Å². The number of nitrogens with zero attached hydrogens (tertiary/aromatic N) is 2. The molecule has 0 radical (unpaired) electrons. The van der Waals surface area contributed by atoms with Crippen LogP contribution in [0.25, 0.3) is 6.08 Å². The number of fused-ring (bicyclic) bond motifs is 1. The summed E-state index contributed by atoms with van der Waals surface area (Å²) in [6, 6.07) is 4.01. The topological polar surface area (TPSA) is 62.8 Å². The van der Waals surface area contributed by atoms with E-state index in [0.29, 0.717) is 13.2 Å². The second-order valence-corrected chi connectivity index (χ2v) is 7.56. The maximum absolute atomic E-state index is 6.49. The molecule has 1 aliphatic carbocycles. The lowest BCUT2D eigenvalue weighted by atomic mass is 10.0. The second-order valence-electron chi connectivity index (χ2n) is 7.10. The normalized spacial score (nSPS) is 13.7. The van der Waals surface area contributed by atoms with Crippen LogP contribution < -0.4 is 5.32 Å². The monoisotopic (exact) mass is 436 g/mol. The fraction of sp³-hybridized carbons (Fsp3) is 0.280. The third kappa shape index (κ3) is 6.81. The molecule has 2 heterocycles. The van der Waals surface area contributed by atoms with Gasteiger partial charge in [0.2, 0.25) is 0 Å². The fourth-order valence-electron chi connectivity index (χ4n) is 3.34. The molecule has 0 spiro atoms. The van der Waals surface area contributed by atoms with Crippen LogP contribution in [0.2, 0.25) is 0 Å². The van der Waals surface area contributed by atoms with E-state index >= 15 is 0 Å². The van der Waals surface area contributed by atoms with E-state index in [9.17, 15) is 0 Å². The van der Waals surface area contributed by atoms with E-state index in [4.69, 9.17) is 16.3 Å². The van der Waals surface area contributed by atoms with E-state index < -0.39 is 0 Å². The van der Waals surface area contributed by atoms with Gasteiger partial charge in [0, 0.05) is 23.3 Å². The highest BCUT2D eigenvalue weighted by atomic mass is 35.5. The van der Waals surface area contributed by atoms with Crippen molar-refractivity contribution in [2.75, 3.05) is 11.9 Å². The molecule has 0 saturated heterocycles. The van der Waals surface area contributed by atoms with E-state index in [-0.39, 0.29) is 0 Å². The van der Waals surface area contributed by atoms with Gasteiger partial charge in [-0.25, -0.2) is 9.97 Å². The van der Waals surface area contributed by atoms with Crippen LogP contribution >= 0.6 is 11.6 Å². The van der Waals surface area contributed by atoms with Crippen molar-refractivity contribution in [1.29, 1.82) is 0 Å². The lowest BCUT2D eigenvalue weighted by Crippen LogP contribution is -1.99. The summed E-state index contributed by atoms with van der Waals surface area (Å²) in [6.07, 6.45) is 19.0. The van der Waals surface area contributed by atoms with Crippen LogP contribution in [-0.2, 0) is 24.2 Å². The summed E-state index contributed by atoms with van der Waals surface area (Å²) < 4.78 is 5.79. The van der Waals surface area contributed by atoms with Gasteiger partial charge in [0.1, 0.15) is 18.2 Å². The van der Waals surface area contributed by atoms with Gasteiger partial charge < -0.3 is 15.0 Å². The molecule has 2 aromatic heterocycles. The highest BCUT2D eigenvalue weighted by Gasteiger charge is 2.08. The van der Waals surface area contributed by atoms with Gasteiger partial charge in [-0.05, 0) is 48.7 Å². The summed E-state index contributed by atoms with van der Waals surface area (Å²) in [5.74, 6) is 1.68. The van der Waals surface area contributed by atoms with Crippen molar-refractivity contribution in [3.63, 3.8) is 0 Å². The largest absolute Gasteiger partial charge is 0.369 e. The Kier molecular flexibility index (Phi) is 8.88. The molecule has 31 heavy (non-hydrogen) atoms. The molecule has 1 aliphatic rings. The lowest BCUT2D eigenvalue weighted by molar-refractivity contribution is 0.143. The van der Waals surface area contributed by atoms with Crippen LogP contribution in [-0.4, -0.2) is 21.6 Å². The Morgan fingerprint density at radius 3 is 3.13 bits per heavy atom. The van der Waals surface area contributed by atoms with E-state index in [1.54, 1.807) is 12.4 Å². The van der Waals surface area contributed by atoms with Crippen molar-refractivity contribution in [1.82, 2.24) is 15.0 Å². The third-order valence-electron chi connectivity index (χ3n) is 4.91. The molecule has 3 rings (SSSR count). The number of imidazole rings is 1. The SMILES string of the molecule is C=CNc1ncccc1CCC(/C=C\COCc1nc2c([nH]1)CC=CC=C2)=C(\Cl)CC. The molecule has 0 aromatic carbocycles. The molecule has 6 heteroatoms. The molecule has 2 N–H and O–H groups in total. The van der Waals surface area contributed by atoms with Gasteiger partial charge in [-0.3, -0.25) is 0 Å². The van der Waals surface area contributed by atoms with E-state index in [1.165, 1.54) is 0 Å². The first-order valence-electron chi connectivity index (χ1n) is 10.5. The average molecular weight is 437 g/mol. The zero-order valence-corrected chi connectivity index (χ0v) is 18.7. The van der Waals surface area contributed by atoms with Crippen LogP contribution in [0.4, 0.5) is 5.82 Å². The van der Waals surface area contributed by atoms with Crippen LogP contribution in [0.5, 0.6) is 0 Å². The highest BCUT2D eigenvalue weighted by molar-refractivity contribution is 6.30. The van der Waals surface area contributed by atoms with Crippen LogP contribution in [0.3, 0.4) is 0 Å². The zero-order chi connectivity index (χ0) is 21.9. The smallest absolute Gasteiger partial charge is 0.133 e. The third-order valence-corrected chi connectivity index (χ3v) is 5.42. The number of nitrogens with one attached hydrogen (secondary N) is 2. The van der Waals surface area contributed by atoms with E-state index in [0.717, 1.165) is 64.9 Å². The van der Waals surface area contributed by atoms with E-state index in [1.807, 2.05) is 30.4 Å². The number of pyridine rings is 1. The molecule has 162 valence electrons. The molecule has 0 saturated carbocycles. The predicted molar refractivity (Wildman–Crippen MR) is 129 cm³/mol. The van der Waals surface area contributed by atoms with Gasteiger partial charge in [-0.15, -0.1) is 0 Å². The molecular weight excluding hydrogens is 408 g/mol. The Morgan fingerprint density at radius 2 is 2.29 bits per heavy atom. The van der Waals surface area contributed by atoms with Gasteiger partial charge in [-0.1, -0.05) is 61.6 Å². The van der Waals surface area contributed by atoms with Crippen LogP contribution in [0.15, 0.2) is 72.1 Å². The number of aromatic nitrogens is 3. The molecule has 0 fully saturated rings. The Labute approximate surface area is 189 Å². The summed E-state index contributed by atoms with van der Waals surface area (Å²) in [6.45, 7) is 6.72. The summed E-state index contributed by atoms with van der Waals surface area (Å²) in [5, 5.41) is 3.96. The maximum atomic E-state index is 6.49. The predicted octanol–water partition coefficient (Wildman–Crippen LogP) is 6.09. The van der Waals surface area contributed by atoms with Crippen molar-refractivity contribution in [3.8, 4) is 0 Å². The van der Waals surface area contributed by atoms with Gasteiger partial charge in [0.25, 0.3) is 0 Å². The number of allylic oxidation sites excluding steroid dienone is 6. The number of anilines is 1. The number of aryl methyl sites for hydroxylation is 1.